The first-order valence-corrected chi connectivity index (χ1v) is 9.57. The van der Waals surface area contributed by atoms with Gasteiger partial charge < -0.3 is 29.7 Å². The number of nitrogens with one attached hydrogen (secondary N) is 2. The van der Waals surface area contributed by atoms with Gasteiger partial charge in [-0.05, 0) is 29.5 Å². The Bertz CT molecular complexity index is 858. The minimum atomic E-state index is -0.277. The summed E-state index contributed by atoms with van der Waals surface area (Å²) >= 11 is 0. The number of hydrogen-bond acceptors (Lipinski definition) is 8. The van der Waals surface area contributed by atoms with Gasteiger partial charge in [-0.2, -0.15) is 4.68 Å². The maximum Gasteiger partial charge on any atom is 0.341 e. The molecule has 2 fully saturated rings. The molecule has 4 atom stereocenters. The van der Waals surface area contributed by atoms with Gasteiger partial charge in [-0.1, -0.05) is 11.2 Å². The molecule has 1 aromatic heterocycles. The lowest BCUT2D eigenvalue weighted by atomic mass is 10.1. The van der Waals surface area contributed by atoms with E-state index >= 15 is 0 Å². The Labute approximate surface area is 168 Å². The van der Waals surface area contributed by atoms with Gasteiger partial charge in [-0.3, -0.25) is 0 Å². The standard InChI is InChI=1S/C18H25N7O4/c1-4-19-17(26)20-13-9-27-16-14(10-28-15(13)16)25-18(21-22-23-25)29-12-7-5-6-11(8-12)24(2)3/h5-8,13-16H,4,9-10H2,1-3H3,(H2,19,20,26)/t13-,14-,15+,16+/m0/s1. The maximum atomic E-state index is 11.8. The molecular formula is C18H25N7O4. The van der Waals surface area contributed by atoms with E-state index in [2.05, 4.69) is 26.2 Å². The first kappa shape index (κ1) is 19.4. The predicted molar refractivity (Wildman–Crippen MR) is 103 cm³/mol. The Hall–Kier alpha value is -2.92. The number of nitrogens with zero attached hydrogens (tertiary/aromatic N) is 5. The largest absolute Gasteiger partial charge is 0.423 e. The summed E-state index contributed by atoms with van der Waals surface area (Å²) in [5, 5.41) is 17.5. The van der Waals surface area contributed by atoms with Crippen molar-refractivity contribution in [1.29, 1.82) is 0 Å². The van der Waals surface area contributed by atoms with E-state index in [9.17, 15) is 4.79 Å². The average Bonchev–Trinajstić information content (AvgIpc) is 3.40. The van der Waals surface area contributed by atoms with Crippen LogP contribution in [0.2, 0.25) is 0 Å². The molecule has 29 heavy (non-hydrogen) atoms. The highest BCUT2D eigenvalue weighted by Crippen LogP contribution is 2.36. The molecule has 2 aliphatic heterocycles. The molecule has 2 aliphatic rings. The van der Waals surface area contributed by atoms with Gasteiger partial charge in [-0.15, -0.1) is 0 Å². The highest BCUT2D eigenvalue weighted by molar-refractivity contribution is 5.74. The fourth-order valence-corrected chi connectivity index (χ4v) is 3.58. The van der Waals surface area contributed by atoms with Gasteiger partial charge in [0.05, 0.1) is 19.3 Å². The normalized spacial score (nSPS) is 25.5. The predicted octanol–water partition coefficient (Wildman–Crippen LogP) is 0.558. The summed E-state index contributed by atoms with van der Waals surface area (Å²) in [5.74, 6) is 0.630. The monoisotopic (exact) mass is 403 g/mol. The number of ether oxygens (including phenoxy) is 3. The van der Waals surface area contributed by atoms with E-state index in [0.29, 0.717) is 25.5 Å². The Kier molecular flexibility index (Phi) is 5.49. The van der Waals surface area contributed by atoms with Crippen molar-refractivity contribution in [3.63, 3.8) is 0 Å². The topological polar surface area (TPSA) is 116 Å². The van der Waals surface area contributed by atoms with Crippen molar-refractivity contribution in [1.82, 2.24) is 30.8 Å². The summed E-state index contributed by atoms with van der Waals surface area (Å²) in [4.78, 5) is 13.8. The molecule has 2 amide bonds. The summed E-state index contributed by atoms with van der Waals surface area (Å²) in [5.41, 5.74) is 1.00. The van der Waals surface area contributed by atoms with Crippen LogP contribution >= 0.6 is 0 Å². The van der Waals surface area contributed by atoms with Crippen LogP contribution in [0.1, 0.15) is 13.0 Å². The molecule has 11 heteroatoms. The second-order valence-electron chi connectivity index (χ2n) is 7.17. The lowest BCUT2D eigenvalue weighted by Crippen LogP contribution is -2.48. The fraction of sp³-hybridized carbons (Fsp3) is 0.556. The number of carbonyl (C=O) groups excluding carboxylic acids is 1. The molecule has 2 saturated heterocycles. The number of tetrazole rings is 1. The van der Waals surface area contributed by atoms with Gasteiger partial charge in [-0.25, -0.2) is 4.79 Å². The molecule has 156 valence electrons. The van der Waals surface area contributed by atoms with Crippen molar-refractivity contribution in [3.8, 4) is 11.8 Å². The lowest BCUT2D eigenvalue weighted by Gasteiger charge is -2.18. The minimum Gasteiger partial charge on any atom is -0.423 e. The second-order valence-corrected chi connectivity index (χ2v) is 7.17. The number of anilines is 1. The van der Waals surface area contributed by atoms with Gasteiger partial charge in [0.1, 0.15) is 24.0 Å². The van der Waals surface area contributed by atoms with E-state index in [1.54, 1.807) is 4.68 Å². The maximum absolute atomic E-state index is 11.8. The van der Waals surface area contributed by atoms with Crippen LogP contribution in [-0.2, 0) is 9.47 Å². The molecule has 4 rings (SSSR count). The van der Waals surface area contributed by atoms with Crippen molar-refractivity contribution in [3.05, 3.63) is 24.3 Å². The molecule has 0 spiro atoms. The van der Waals surface area contributed by atoms with Crippen LogP contribution in [-0.4, -0.2) is 78.3 Å². The van der Waals surface area contributed by atoms with Gasteiger partial charge >= 0.3 is 12.0 Å². The zero-order valence-corrected chi connectivity index (χ0v) is 16.6. The SMILES string of the molecule is CCNC(=O)N[C@H]1CO[C@H]2[C@@H]1OC[C@@H]2n1nnnc1Oc1cccc(N(C)C)c1. The third-order valence-corrected chi connectivity index (χ3v) is 5.00. The van der Waals surface area contributed by atoms with Crippen molar-refractivity contribution in [2.24, 2.45) is 0 Å². The van der Waals surface area contributed by atoms with Gasteiger partial charge in [0, 0.05) is 32.4 Å². The van der Waals surface area contributed by atoms with Crippen LogP contribution in [0, 0.1) is 0 Å². The number of hydrogen-bond donors (Lipinski definition) is 2. The molecule has 2 N–H and O–H groups in total. The molecule has 0 aliphatic carbocycles. The third-order valence-electron chi connectivity index (χ3n) is 5.00. The molecule has 0 unspecified atom stereocenters. The average molecular weight is 403 g/mol. The number of urea groups is 1. The molecule has 11 nitrogen and oxygen atoms in total. The van der Waals surface area contributed by atoms with Crippen LogP contribution in [0.3, 0.4) is 0 Å². The fourth-order valence-electron chi connectivity index (χ4n) is 3.58. The van der Waals surface area contributed by atoms with Crippen LogP contribution in [0.25, 0.3) is 0 Å². The Morgan fingerprint density at radius 2 is 2.14 bits per heavy atom. The van der Waals surface area contributed by atoms with Crippen LogP contribution in [0.15, 0.2) is 24.3 Å². The number of benzene rings is 1. The molecule has 0 bridgehead atoms. The van der Waals surface area contributed by atoms with Crippen LogP contribution in [0.5, 0.6) is 11.8 Å². The Balaban J connectivity index is 1.47. The van der Waals surface area contributed by atoms with Crippen molar-refractivity contribution in [2.45, 2.75) is 31.2 Å². The number of fused-ring (bicyclic) bond motifs is 1. The summed E-state index contributed by atoms with van der Waals surface area (Å²) in [6, 6.07) is 7.20. The zero-order valence-electron chi connectivity index (χ0n) is 16.6. The van der Waals surface area contributed by atoms with Gasteiger partial charge in [0.15, 0.2) is 0 Å². The number of aromatic nitrogens is 4. The molecule has 0 saturated carbocycles. The highest BCUT2D eigenvalue weighted by atomic mass is 16.6. The number of amides is 2. The van der Waals surface area contributed by atoms with Crippen LogP contribution < -0.4 is 20.3 Å². The Morgan fingerprint density at radius 1 is 1.31 bits per heavy atom. The minimum absolute atomic E-state index is 0.228. The van der Waals surface area contributed by atoms with E-state index in [1.807, 2.05) is 50.2 Å². The summed E-state index contributed by atoms with van der Waals surface area (Å²) < 4.78 is 19.3. The zero-order chi connectivity index (χ0) is 20.4. The number of rotatable bonds is 6. The van der Waals surface area contributed by atoms with Crippen molar-refractivity contribution < 1.29 is 19.0 Å². The lowest BCUT2D eigenvalue weighted by molar-refractivity contribution is 0.0613. The molecule has 3 heterocycles. The van der Waals surface area contributed by atoms with E-state index in [4.69, 9.17) is 14.2 Å². The first-order chi connectivity index (χ1) is 14.1. The third kappa shape index (κ3) is 3.96. The van der Waals surface area contributed by atoms with Gasteiger partial charge in [0.25, 0.3) is 0 Å². The number of carbonyl (C=O) groups is 1. The van der Waals surface area contributed by atoms with E-state index in [1.165, 1.54) is 0 Å². The Morgan fingerprint density at radius 3 is 2.93 bits per heavy atom. The highest BCUT2D eigenvalue weighted by Gasteiger charge is 2.50. The van der Waals surface area contributed by atoms with Gasteiger partial charge in [0.2, 0.25) is 0 Å². The van der Waals surface area contributed by atoms with E-state index < -0.39 is 0 Å². The first-order valence-electron chi connectivity index (χ1n) is 9.57. The van der Waals surface area contributed by atoms with Crippen molar-refractivity contribution >= 4 is 11.7 Å². The summed E-state index contributed by atoms with van der Waals surface area (Å²) in [7, 11) is 3.92. The summed E-state index contributed by atoms with van der Waals surface area (Å²) in [6.07, 6.45) is -0.544. The quantitative estimate of drug-likeness (QED) is 0.719. The molecular weight excluding hydrogens is 378 g/mol. The molecule has 2 aromatic rings. The second kappa shape index (κ2) is 8.21. The van der Waals surface area contributed by atoms with E-state index in [-0.39, 0.29) is 36.3 Å². The molecule has 1 aromatic carbocycles. The van der Waals surface area contributed by atoms with Crippen LogP contribution in [0.4, 0.5) is 10.5 Å². The van der Waals surface area contributed by atoms with E-state index in [0.717, 1.165) is 5.69 Å². The smallest absolute Gasteiger partial charge is 0.341 e. The summed E-state index contributed by atoms with van der Waals surface area (Å²) in [6.45, 7) is 3.15. The molecule has 0 radical (unpaired) electrons. The van der Waals surface area contributed by atoms with Crippen molar-refractivity contribution in [2.75, 3.05) is 38.8 Å².